The van der Waals surface area contributed by atoms with Gasteiger partial charge >= 0.3 is 5.97 Å². The van der Waals surface area contributed by atoms with E-state index in [1.54, 1.807) is 0 Å². The minimum Gasteiger partial charge on any atom is -0.488 e. The fourth-order valence-electron chi connectivity index (χ4n) is 3.20. The van der Waals surface area contributed by atoms with Crippen molar-refractivity contribution < 1.29 is 19.0 Å². The highest BCUT2D eigenvalue weighted by molar-refractivity contribution is 6.00. The maximum Gasteiger partial charge on any atom is 0.335 e. The standard InChI is InChI=1S/C25H23NO4/c1-18-23(25(27)29-17-20-12-6-3-7-13-20)26-24(30-18)21-14-8-9-15-22(21)28-16-19-10-4-2-5-11-19/h2-15,18,23H,16-17H2,1H3/t18-,23-/m0/s1. The smallest absolute Gasteiger partial charge is 0.335 e. The Morgan fingerprint density at radius 1 is 0.867 bits per heavy atom. The van der Waals surface area contributed by atoms with Crippen LogP contribution in [0.25, 0.3) is 0 Å². The number of hydrogen-bond acceptors (Lipinski definition) is 5. The molecule has 0 spiro atoms. The molecule has 1 aliphatic rings. The summed E-state index contributed by atoms with van der Waals surface area (Å²) in [5, 5.41) is 0. The van der Waals surface area contributed by atoms with E-state index in [1.165, 1.54) is 0 Å². The van der Waals surface area contributed by atoms with Crippen LogP contribution in [0.5, 0.6) is 5.75 Å². The Labute approximate surface area is 175 Å². The normalized spacial score (nSPS) is 17.7. The Kier molecular flexibility index (Phi) is 6.09. The first-order valence-corrected chi connectivity index (χ1v) is 9.92. The molecule has 2 atom stereocenters. The molecule has 0 aliphatic carbocycles. The van der Waals surface area contributed by atoms with Crippen LogP contribution in [0.15, 0.2) is 89.9 Å². The number of aliphatic imine (C=N–C) groups is 1. The molecule has 0 saturated carbocycles. The first-order valence-electron chi connectivity index (χ1n) is 9.92. The summed E-state index contributed by atoms with van der Waals surface area (Å²) in [6.07, 6.45) is -0.412. The van der Waals surface area contributed by atoms with E-state index < -0.39 is 18.1 Å². The third kappa shape index (κ3) is 4.69. The molecule has 4 rings (SSSR count). The highest BCUT2D eigenvalue weighted by Gasteiger charge is 2.35. The summed E-state index contributed by atoms with van der Waals surface area (Å²) < 4.78 is 17.3. The Hall–Kier alpha value is -3.60. The van der Waals surface area contributed by atoms with Gasteiger partial charge in [0.05, 0.1) is 5.56 Å². The van der Waals surface area contributed by atoms with Gasteiger partial charge in [-0.1, -0.05) is 72.8 Å². The van der Waals surface area contributed by atoms with Crippen molar-refractivity contribution in [2.75, 3.05) is 0 Å². The second-order valence-electron chi connectivity index (χ2n) is 7.07. The lowest BCUT2D eigenvalue weighted by atomic mass is 10.2. The third-order valence-corrected chi connectivity index (χ3v) is 4.82. The summed E-state index contributed by atoms with van der Waals surface area (Å²) in [7, 11) is 0. The van der Waals surface area contributed by atoms with Crippen LogP contribution in [-0.4, -0.2) is 24.0 Å². The number of carbonyl (C=O) groups is 1. The predicted octanol–water partition coefficient (Wildman–Crippen LogP) is 4.54. The Morgan fingerprint density at radius 3 is 2.17 bits per heavy atom. The Balaban J connectivity index is 1.45. The zero-order valence-electron chi connectivity index (χ0n) is 16.7. The van der Waals surface area contributed by atoms with Crippen LogP contribution in [0.3, 0.4) is 0 Å². The monoisotopic (exact) mass is 401 g/mol. The van der Waals surface area contributed by atoms with Crippen molar-refractivity contribution in [3.8, 4) is 5.75 Å². The van der Waals surface area contributed by atoms with E-state index in [1.807, 2.05) is 91.9 Å². The molecule has 0 saturated heterocycles. The van der Waals surface area contributed by atoms with E-state index in [0.717, 1.165) is 16.7 Å². The van der Waals surface area contributed by atoms with E-state index in [-0.39, 0.29) is 6.61 Å². The molecule has 5 nitrogen and oxygen atoms in total. The van der Waals surface area contributed by atoms with E-state index in [2.05, 4.69) is 4.99 Å². The van der Waals surface area contributed by atoms with Crippen LogP contribution >= 0.6 is 0 Å². The van der Waals surface area contributed by atoms with Crippen LogP contribution in [0.2, 0.25) is 0 Å². The average molecular weight is 401 g/mol. The van der Waals surface area contributed by atoms with E-state index in [9.17, 15) is 4.79 Å². The summed E-state index contributed by atoms with van der Waals surface area (Å²) in [4.78, 5) is 17.1. The molecule has 0 bridgehead atoms. The topological polar surface area (TPSA) is 57.1 Å². The molecule has 0 N–H and O–H groups in total. The maximum absolute atomic E-state index is 12.6. The van der Waals surface area contributed by atoms with Gasteiger partial charge in [0.25, 0.3) is 0 Å². The molecule has 1 aliphatic heterocycles. The van der Waals surface area contributed by atoms with Gasteiger partial charge in [0, 0.05) is 0 Å². The molecule has 0 radical (unpaired) electrons. The summed E-state index contributed by atoms with van der Waals surface area (Å²) in [6, 6.07) is 26.3. The molecular weight excluding hydrogens is 378 g/mol. The number of para-hydroxylation sites is 1. The van der Waals surface area contributed by atoms with Crippen molar-refractivity contribution in [2.45, 2.75) is 32.3 Å². The molecule has 152 valence electrons. The minimum absolute atomic E-state index is 0.213. The quantitative estimate of drug-likeness (QED) is 0.545. The number of esters is 1. The molecule has 0 amide bonds. The lowest BCUT2D eigenvalue weighted by Crippen LogP contribution is -2.29. The second-order valence-corrected chi connectivity index (χ2v) is 7.07. The third-order valence-electron chi connectivity index (χ3n) is 4.82. The molecule has 3 aromatic rings. The van der Waals surface area contributed by atoms with Crippen molar-refractivity contribution in [2.24, 2.45) is 4.99 Å². The van der Waals surface area contributed by atoms with Crippen LogP contribution in [0.4, 0.5) is 0 Å². The fourth-order valence-corrected chi connectivity index (χ4v) is 3.20. The highest BCUT2D eigenvalue weighted by atomic mass is 16.5. The molecular formula is C25H23NO4. The number of hydrogen-bond donors (Lipinski definition) is 0. The summed E-state index contributed by atoms with van der Waals surface area (Å²) in [5.41, 5.74) is 2.72. The number of rotatable bonds is 7. The Morgan fingerprint density at radius 2 is 1.47 bits per heavy atom. The first kappa shape index (κ1) is 19.7. The molecule has 0 aromatic heterocycles. The number of carbonyl (C=O) groups excluding carboxylic acids is 1. The largest absolute Gasteiger partial charge is 0.488 e. The highest BCUT2D eigenvalue weighted by Crippen LogP contribution is 2.26. The lowest BCUT2D eigenvalue weighted by molar-refractivity contribution is -0.147. The van der Waals surface area contributed by atoms with Crippen molar-refractivity contribution >= 4 is 11.9 Å². The van der Waals surface area contributed by atoms with Crippen molar-refractivity contribution in [3.63, 3.8) is 0 Å². The molecule has 0 fully saturated rings. The van der Waals surface area contributed by atoms with Gasteiger partial charge < -0.3 is 14.2 Å². The van der Waals surface area contributed by atoms with Crippen molar-refractivity contribution in [1.82, 2.24) is 0 Å². The second kappa shape index (κ2) is 9.27. The van der Waals surface area contributed by atoms with Gasteiger partial charge in [-0.15, -0.1) is 0 Å². The zero-order valence-corrected chi connectivity index (χ0v) is 16.7. The maximum atomic E-state index is 12.6. The van der Waals surface area contributed by atoms with Gasteiger partial charge in [-0.3, -0.25) is 0 Å². The van der Waals surface area contributed by atoms with Gasteiger partial charge in [0.2, 0.25) is 5.90 Å². The molecule has 3 aromatic carbocycles. The van der Waals surface area contributed by atoms with E-state index in [4.69, 9.17) is 14.2 Å². The first-order chi connectivity index (χ1) is 14.7. The zero-order chi connectivity index (χ0) is 20.8. The lowest BCUT2D eigenvalue weighted by Gasteiger charge is -2.13. The van der Waals surface area contributed by atoms with E-state index in [0.29, 0.717) is 18.3 Å². The van der Waals surface area contributed by atoms with Gasteiger partial charge in [-0.2, -0.15) is 0 Å². The summed E-state index contributed by atoms with van der Waals surface area (Å²) >= 11 is 0. The fraction of sp³-hybridized carbons (Fsp3) is 0.200. The van der Waals surface area contributed by atoms with Gasteiger partial charge in [-0.05, 0) is 30.2 Å². The van der Waals surface area contributed by atoms with Crippen LogP contribution in [-0.2, 0) is 27.5 Å². The number of benzene rings is 3. The van der Waals surface area contributed by atoms with Crippen molar-refractivity contribution in [3.05, 3.63) is 102 Å². The molecule has 5 heteroatoms. The Bertz CT molecular complexity index is 1020. The predicted molar refractivity (Wildman–Crippen MR) is 114 cm³/mol. The average Bonchev–Trinajstić information content (AvgIpc) is 3.19. The SMILES string of the molecule is C[C@@H]1OC(c2ccccc2OCc2ccccc2)=N[C@@H]1C(=O)OCc1ccccc1. The van der Waals surface area contributed by atoms with Crippen LogP contribution in [0.1, 0.15) is 23.6 Å². The molecule has 1 heterocycles. The summed E-state index contributed by atoms with van der Waals surface area (Å²) in [5.74, 6) is 0.655. The van der Waals surface area contributed by atoms with Gasteiger partial charge in [0.1, 0.15) is 25.1 Å². The van der Waals surface area contributed by atoms with E-state index >= 15 is 0 Å². The number of ether oxygens (including phenoxy) is 3. The molecule has 30 heavy (non-hydrogen) atoms. The molecule has 0 unspecified atom stereocenters. The van der Waals surface area contributed by atoms with Crippen LogP contribution < -0.4 is 4.74 Å². The summed E-state index contributed by atoms with van der Waals surface area (Å²) in [6.45, 7) is 2.46. The number of nitrogens with zero attached hydrogens (tertiary/aromatic N) is 1. The van der Waals surface area contributed by atoms with Gasteiger partial charge in [0.15, 0.2) is 6.04 Å². The van der Waals surface area contributed by atoms with Crippen molar-refractivity contribution in [1.29, 1.82) is 0 Å². The van der Waals surface area contributed by atoms with Gasteiger partial charge in [-0.25, -0.2) is 9.79 Å². The minimum atomic E-state index is -0.703. The van der Waals surface area contributed by atoms with Crippen LogP contribution in [0, 0.1) is 0 Å².